The van der Waals surface area contributed by atoms with Crippen LogP contribution in [-0.4, -0.2) is 0 Å². The number of halogens is 3. The molecule has 84 valence electrons. The average molecular weight is 287 g/mol. The summed E-state index contributed by atoms with van der Waals surface area (Å²) >= 11 is 3.43. The molecule has 0 saturated heterocycles. The van der Waals surface area contributed by atoms with Crippen LogP contribution in [0.1, 0.15) is 21.7 Å². The van der Waals surface area contributed by atoms with Crippen LogP contribution in [0.4, 0.5) is 8.78 Å². The highest BCUT2D eigenvalue weighted by atomic mass is 79.9. The topological polar surface area (TPSA) is 13.1 Å². The van der Waals surface area contributed by atoms with Crippen molar-refractivity contribution in [2.45, 2.75) is 11.8 Å². The van der Waals surface area contributed by atoms with Crippen LogP contribution in [0, 0.1) is 18.6 Å². The summed E-state index contributed by atoms with van der Waals surface area (Å²) in [4.78, 5) is -0.193. The van der Waals surface area contributed by atoms with Crippen molar-refractivity contribution in [3.05, 3.63) is 59.1 Å². The third kappa shape index (κ3) is 2.02. The minimum Gasteiger partial charge on any atom is -0.469 e. The molecule has 0 aliphatic heterocycles. The second-order valence-electron chi connectivity index (χ2n) is 3.47. The second-order valence-corrected chi connectivity index (χ2v) is 4.38. The van der Waals surface area contributed by atoms with E-state index in [1.165, 1.54) is 6.07 Å². The summed E-state index contributed by atoms with van der Waals surface area (Å²) < 4.78 is 31.0. The summed E-state index contributed by atoms with van der Waals surface area (Å²) in [6.45, 7) is 1.82. The highest BCUT2D eigenvalue weighted by molar-refractivity contribution is 9.09. The van der Waals surface area contributed by atoms with Gasteiger partial charge in [-0.25, -0.2) is 8.78 Å². The molecule has 0 aliphatic carbocycles. The van der Waals surface area contributed by atoms with Gasteiger partial charge in [-0.15, -0.1) is 0 Å². The monoisotopic (exact) mass is 286 g/mol. The van der Waals surface area contributed by atoms with Gasteiger partial charge in [-0.1, -0.05) is 22.0 Å². The minimum absolute atomic E-state index is 0.193. The smallest absolute Gasteiger partial charge is 0.159 e. The van der Waals surface area contributed by atoms with E-state index in [9.17, 15) is 8.78 Å². The van der Waals surface area contributed by atoms with Gasteiger partial charge < -0.3 is 4.42 Å². The Morgan fingerprint density at radius 3 is 2.50 bits per heavy atom. The van der Waals surface area contributed by atoms with Crippen LogP contribution in [-0.2, 0) is 0 Å². The standard InChI is InChI=1S/C12H9BrF2O/c1-7-9(4-5-16-7)12(13)8-2-3-10(14)11(15)6-8/h2-6,12H,1H3. The zero-order valence-corrected chi connectivity index (χ0v) is 10.1. The van der Waals surface area contributed by atoms with Crippen LogP contribution in [0.3, 0.4) is 0 Å². The lowest BCUT2D eigenvalue weighted by atomic mass is 10.1. The molecule has 2 aromatic rings. The van der Waals surface area contributed by atoms with E-state index in [0.717, 1.165) is 17.4 Å². The summed E-state index contributed by atoms with van der Waals surface area (Å²) in [5.74, 6) is -0.929. The van der Waals surface area contributed by atoms with Crippen molar-refractivity contribution >= 4 is 15.9 Å². The van der Waals surface area contributed by atoms with E-state index in [2.05, 4.69) is 15.9 Å². The molecule has 0 radical (unpaired) electrons. The third-order valence-corrected chi connectivity index (χ3v) is 3.43. The Balaban J connectivity index is 2.38. The van der Waals surface area contributed by atoms with Gasteiger partial charge in [0.25, 0.3) is 0 Å². The van der Waals surface area contributed by atoms with E-state index in [0.29, 0.717) is 5.56 Å². The fraction of sp³-hybridized carbons (Fsp3) is 0.167. The molecule has 2 rings (SSSR count). The van der Waals surface area contributed by atoms with Crippen molar-refractivity contribution in [3.8, 4) is 0 Å². The SMILES string of the molecule is Cc1occc1C(Br)c1ccc(F)c(F)c1. The van der Waals surface area contributed by atoms with Gasteiger partial charge in [0.15, 0.2) is 11.6 Å². The maximum Gasteiger partial charge on any atom is 0.159 e. The van der Waals surface area contributed by atoms with Crippen LogP contribution in [0.15, 0.2) is 34.9 Å². The molecule has 1 unspecified atom stereocenters. The largest absolute Gasteiger partial charge is 0.469 e. The Morgan fingerprint density at radius 2 is 1.94 bits per heavy atom. The predicted molar refractivity (Wildman–Crippen MR) is 60.6 cm³/mol. The first kappa shape index (κ1) is 11.3. The number of aryl methyl sites for hydroxylation is 1. The fourth-order valence-electron chi connectivity index (χ4n) is 1.51. The molecule has 1 aromatic heterocycles. The molecule has 0 N–H and O–H groups in total. The van der Waals surface area contributed by atoms with E-state index >= 15 is 0 Å². The molecular weight excluding hydrogens is 278 g/mol. The van der Waals surface area contributed by atoms with Gasteiger partial charge in [-0.05, 0) is 30.7 Å². The van der Waals surface area contributed by atoms with Crippen LogP contribution in [0.5, 0.6) is 0 Å². The molecule has 1 atom stereocenters. The van der Waals surface area contributed by atoms with E-state index < -0.39 is 11.6 Å². The van der Waals surface area contributed by atoms with E-state index in [-0.39, 0.29) is 4.83 Å². The van der Waals surface area contributed by atoms with Crippen LogP contribution < -0.4 is 0 Å². The molecule has 16 heavy (non-hydrogen) atoms. The van der Waals surface area contributed by atoms with Gasteiger partial charge in [-0.3, -0.25) is 0 Å². The number of alkyl halides is 1. The fourth-order valence-corrected chi connectivity index (χ4v) is 2.27. The third-order valence-electron chi connectivity index (χ3n) is 2.41. The summed E-state index contributed by atoms with van der Waals surface area (Å²) in [7, 11) is 0. The number of rotatable bonds is 2. The molecule has 0 saturated carbocycles. The van der Waals surface area contributed by atoms with E-state index in [4.69, 9.17) is 4.42 Å². The van der Waals surface area contributed by atoms with Crippen molar-refractivity contribution in [3.63, 3.8) is 0 Å². The number of furan rings is 1. The van der Waals surface area contributed by atoms with E-state index in [1.807, 2.05) is 6.92 Å². The zero-order valence-electron chi connectivity index (χ0n) is 8.51. The summed E-state index contributed by atoms with van der Waals surface area (Å²) in [5.41, 5.74) is 1.56. The number of hydrogen-bond donors (Lipinski definition) is 0. The Kier molecular flexibility index (Phi) is 3.10. The van der Waals surface area contributed by atoms with Gasteiger partial charge in [0.05, 0.1) is 11.1 Å². The summed E-state index contributed by atoms with van der Waals surface area (Å²) in [6.07, 6.45) is 1.57. The highest BCUT2D eigenvalue weighted by Crippen LogP contribution is 2.33. The Morgan fingerprint density at radius 1 is 1.19 bits per heavy atom. The molecule has 0 aliphatic rings. The molecule has 4 heteroatoms. The summed E-state index contributed by atoms with van der Waals surface area (Å²) in [6, 6.07) is 5.65. The molecular formula is C12H9BrF2O. The zero-order chi connectivity index (χ0) is 11.7. The van der Waals surface area contributed by atoms with Crippen LogP contribution in [0.2, 0.25) is 0 Å². The van der Waals surface area contributed by atoms with Crippen molar-refractivity contribution in [2.24, 2.45) is 0 Å². The molecule has 1 aromatic carbocycles. The Bertz CT molecular complexity index is 507. The van der Waals surface area contributed by atoms with Crippen LogP contribution in [0.25, 0.3) is 0 Å². The normalized spacial score (nSPS) is 12.8. The maximum absolute atomic E-state index is 13.1. The first-order chi connectivity index (χ1) is 7.59. The van der Waals surface area contributed by atoms with Gasteiger partial charge >= 0.3 is 0 Å². The molecule has 1 nitrogen and oxygen atoms in total. The predicted octanol–water partition coefficient (Wildman–Crippen LogP) is 4.35. The van der Waals surface area contributed by atoms with E-state index in [1.54, 1.807) is 18.4 Å². The second kappa shape index (κ2) is 4.37. The van der Waals surface area contributed by atoms with Gasteiger partial charge in [0.2, 0.25) is 0 Å². The number of benzene rings is 1. The molecule has 0 spiro atoms. The Labute approximate surface area is 100 Å². The minimum atomic E-state index is -0.844. The first-order valence-corrected chi connectivity index (χ1v) is 5.64. The van der Waals surface area contributed by atoms with Crippen molar-refractivity contribution < 1.29 is 13.2 Å². The molecule has 0 fully saturated rings. The lowest BCUT2D eigenvalue weighted by molar-refractivity contribution is 0.507. The molecule has 1 heterocycles. The summed E-state index contributed by atoms with van der Waals surface area (Å²) in [5, 5.41) is 0. The lowest BCUT2D eigenvalue weighted by Crippen LogP contribution is -1.95. The number of hydrogen-bond acceptors (Lipinski definition) is 1. The quantitative estimate of drug-likeness (QED) is 0.748. The van der Waals surface area contributed by atoms with Crippen molar-refractivity contribution in [1.82, 2.24) is 0 Å². The van der Waals surface area contributed by atoms with Gasteiger partial charge in [0.1, 0.15) is 5.76 Å². The molecule has 0 bridgehead atoms. The van der Waals surface area contributed by atoms with Crippen LogP contribution >= 0.6 is 15.9 Å². The average Bonchev–Trinajstić information content (AvgIpc) is 2.67. The first-order valence-electron chi connectivity index (χ1n) is 4.72. The van der Waals surface area contributed by atoms with Crippen molar-refractivity contribution in [1.29, 1.82) is 0 Å². The van der Waals surface area contributed by atoms with Crippen molar-refractivity contribution in [2.75, 3.05) is 0 Å². The van der Waals surface area contributed by atoms with Gasteiger partial charge in [0, 0.05) is 5.56 Å². The molecule has 0 amide bonds. The lowest BCUT2D eigenvalue weighted by Gasteiger charge is -2.09. The Hall–Kier alpha value is -1.16. The highest BCUT2D eigenvalue weighted by Gasteiger charge is 2.16. The van der Waals surface area contributed by atoms with Gasteiger partial charge in [-0.2, -0.15) is 0 Å². The maximum atomic E-state index is 13.1.